The van der Waals surface area contributed by atoms with Crippen molar-refractivity contribution in [2.45, 2.75) is 22.7 Å². The van der Waals surface area contributed by atoms with Gasteiger partial charge in [0.05, 0.1) is 10.9 Å². The molecule has 1 saturated heterocycles. The molecule has 0 aliphatic carbocycles. The number of hydrogen-bond donors (Lipinski definition) is 2. The number of carbonyl (C=O) groups excluding carboxylic acids is 4. The molecule has 5 rings (SSSR count). The maximum atomic E-state index is 13.0. The Hall–Kier alpha value is -2.93. The molecule has 3 aromatic rings. The van der Waals surface area contributed by atoms with Crippen LogP contribution in [0, 0.1) is 5.92 Å². The maximum Gasteiger partial charge on any atom is 0.328 e. The van der Waals surface area contributed by atoms with Crippen molar-refractivity contribution in [2.75, 3.05) is 5.32 Å². The fourth-order valence-electron chi connectivity index (χ4n) is 4.12. The second-order valence-electron chi connectivity index (χ2n) is 7.59. The lowest BCUT2D eigenvalue weighted by Gasteiger charge is -2.29. The van der Waals surface area contributed by atoms with Crippen LogP contribution in [-0.2, 0) is 20.9 Å². The van der Waals surface area contributed by atoms with Crippen molar-refractivity contribution in [2.24, 2.45) is 11.7 Å². The van der Waals surface area contributed by atoms with E-state index in [1.807, 2.05) is 17.5 Å². The normalized spacial score (nSPS) is 21.3. The van der Waals surface area contributed by atoms with E-state index in [9.17, 15) is 24.0 Å². The topological polar surface area (TPSA) is 132 Å². The van der Waals surface area contributed by atoms with E-state index < -0.39 is 40.8 Å². The SMILES string of the molecule is NC(=O)N1C(=O)C2Sc3c(sc(=O)n3CC(=O)Nc3ccc(Cl)cc3)[C@@H](c3cccs3)C2C1=O. The number of nitrogens with zero attached hydrogens (tertiary/aromatic N) is 2. The number of rotatable bonds is 4. The molecule has 2 aliphatic rings. The Morgan fingerprint density at radius 1 is 1.09 bits per heavy atom. The summed E-state index contributed by atoms with van der Waals surface area (Å²) in [6.07, 6.45) is 0. The Morgan fingerprint density at radius 2 is 1.82 bits per heavy atom. The minimum atomic E-state index is -1.13. The summed E-state index contributed by atoms with van der Waals surface area (Å²) < 4.78 is 1.30. The Bertz CT molecular complexity index is 1380. The molecule has 34 heavy (non-hydrogen) atoms. The highest BCUT2D eigenvalue weighted by atomic mass is 35.5. The fraction of sp³-hybridized carbons (Fsp3) is 0.190. The first-order valence-corrected chi connectivity index (χ1v) is 12.9. The van der Waals surface area contributed by atoms with E-state index in [1.54, 1.807) is 24.3 Å². The zero-order chi connectivity index (χ0) is 24.1. The van der Waals surface area contributed by atoms with Crippen LogP contribution in [0.5, 0.6) is 0 Å². The highest BCUT2D eigenvalue weighted by Crippen LogP contribution is 2.53. The highest BCUT2D eigenvalue weighted by molar-refractivity contribution is 8.00. The first-order chi connectivity index (χ1) is 16.3. The molecule has 2 aliphatic heterocycles. The highest BCUT2D eigenvalue weighted by Gasteiger charge is 2.58. The predicted molar refractivity (Wildman–Crippen MR) is 129 cm³/mol. The zero-order valence-electron chi connectivity index (χ0n) is 17.1. The molecular weight excluding hydrogens is 520 g/mol. The molecule has 0 saturated carbocycles. The molecule has 4 heterocycles. The van der Waals surface area contributed by atoms with Gasteiger partial charge in [0.1, 0.15) is 11.8 Å². The quantitative estimate of drug-likeness (QED) is 0.495. The lowest BCUT2D eigenvalue weighted by atomic mass is 9.87. The summed E-state index contributed by atoms with van der Waals surface area (Å²) in [6.45, 7) is -0.281. The summed E-state index contributed by atoms with van der Waals surface area (Å²) in [5.41, 5.74) is 5.82. The van der Waals surface area contributed by atoms with E-state index in [1.165, 1.54) is 15.9 Å². The summed E-state index contributed by atoms with van der Waals surface area (Å²) in [4.78, 5) is 64.9. The van der Waals surface area contributed by atoms with Crippen LogP contribution >= 0.6 is 46.0 Å². The largest absolute Gasteiger partial charge is 0.351 e. The minimum Gasteiger partial charge on any atom is -0.351 e. The average Bonchev–Trinajstić information content (AvgIpc) is 3.48. The summed E-state index contributed by atoms with van der Waals surface area (Å²) in [6, 6.07) is 9.04. The van der Waals surface area contributed by atoms with Crippen LogP contribution in [0.25, 0.3) is 0 Å². The number of thioether (sulfide) groups is 1. The molecule has 0 radical (unpaired) electrons. The molecule has 3 N–H and O–H groups in total. The number of urea groups is 1. The van der Waals surface area contributed by atoms with Crippen LogP contribution in [0.15, 0.2) is 51.6 Å². The summed E-state index contributed by atoms with van der Waals surface area (Å²) >= 11 is 9.21. The van der Waals surface area contributed by atoms with Gasteiger partial charge in [-0.3, -0.25) is 23.7 Å². The van der Waals surface area contributed by atoms with E-state index in [0.717, 1.165) is 28.0 Å². The number of nitrogens with one attached hydrogen (secondary N) is 1. The second-order valence-corrected chi connectivity index (χ2v) is 11.1. The van der Waals surface area contributed by atoms with E-state index in [0.29, 0.717) is 25.5 Å². The minimum absolute atomic E-state index is 0.281. The Labute approximate surface area is 209 Å². The van der Waals surface area contributed by atoms with E-state index in [2.05, 4.69) is 5.32 Å². The van der Waals surface area contributed by atoms with Crippen molar-refractivity contribution < 1.29 is 19.2 Å². The molecule has 1 fully saturated rings. The number of benzene rings is 1. The fourth-order valence-corrected chi connectivity index (χ4v) is 7.97. The number of likely N-dealkylation sites (tertiary alicyclic amines) is 1. The first kappa shape index (κ1) is 22.8. The van der Waals surface area contributed by atoms with E-state index in [4.69, 9.17) is 17.3 Å². The zero-order valence-corrected chi connectivity index (χ0v) is 20.3. The second kappa shape index (κ2) is 8.69. The third-order valence-corrected chi connectivity index (χ3v) is 9.36. The maximum absolute atomic E-state index is 13.0. The number of carbonyl (C=O) groups is 4. The Balaban J connectivity index is 1.53. The summed E-state index contributed by atoms with van der Waals surface area (Å²) in [5.74, 6) is -3.29. The number of amides is 5. The summed E-state index contributed by atoms with van der Waals surface area (Å²) in [7, 11) is 0. The van der Waals surface area contributed by atoms with Gasteiger partial charge in [0.2, 0.25) is 11.8 Å². The number of thiophene rings is 1. The Kier molecular flexibility index (Phi) is 5.84. The third-order valence-electron chi connectivity index (χ3n) is 5.55. The Morgan fingerprint density at radius 3 is 2.47 bits per heavy atom. The van der Waals surface area contributed by atoms with Gasteiger partial charge in [-0.1, -0.05) is 40.8 Å². The van der Waals surface area contributed by atoms with Crippen molar-refractivity contribution in [3.05, 3.63) is 66.2 Å². The standard InChI is InChI=1S/C21H15ClN4O5S3/c22-9-3-5-10(6-4-9)24-12(27)8-25-19-16(34-21(25)31)13(11-2-1-7-32-11)14-15(33-19)18(29)26(17(14)28)20(23)30/h1-7,13-15H,8H2,(H2,23,30)(H,24,27)/t13-,14?,15?/m0/s1. The van der Waals surface area contributed by atoms with Crippen LogP contribution in [0.3, 0.4) is 0 Å². The van der Waals surface area contributed by atoms with Gasteiger partial charge in [-0.25, -0.2) is 4.79 Å². The van der Waals surface area contributed by atoms with Crippen molar-refractivity contribution >= 4 is 75.5 Å². The van der Waals surface area contributed by atoms with Crippen LogP contribution in [0.1, 0.15) is 15.7 Å². The number of aromatic nitrogens is 1. The van der Waals surface area contributed by atoms with Crippen molar-refractivity contribution in [3.8, 4) is 0 Å². The molecule has 3 atom stereocenters. The lowest BCUT2D eigenvalue weighted by molar-refractivity contribution is -0.135. The number of fused-ring (bicyclic) bond motifs is 2. The molecule has 174 valence electrons. The number of thiazole rings is 1. The molecule has 1 aromatic carbocycles. The number of halogens is 1. The van der Waals surface area contributed by atoms with Crippen molar-refractivity contribution in [3.63, 3.8) is 0 Å². The monoisotopic (exact) mass is 534 g/mol. The number of nitrogens with two attached hydrogens (primary N) is 1. The van der Waals surface area contributed by atoms with Gasteiger partial charge < -0.3 is 11.1 Å². The predicted octanol–water partition coefficient (Wildman–Crippen LogP) is 2.93. The molecule has 0 spiro atoms. The van der Waals surface area contributed by atoms with Crippen molar-refractivity contribution in [1.82, 2.24) is 9.47 Å². The van der Waals surface area contributed by atoms with Gasteiger partial charge in [-0.15, -0.1) is 11.3 Å². The van der Waals surface area contributed by atoms with E-state index in [-0.39, 0.29) is 11.4 Å². The number of hydrogen-bond acceptors (Lipinski definition) is 8. The van der Waals surface area contributed by atoms with Gasteiger partial charge in [-0.05, 0) is 35.7 Å². The smallest absolute Gasteiger partial charge is 0.328 e. The van der Waals surface area contributed by atoms with Gasteiger partial charge in [0.15, 0.2) is 0 Å². The number of anilines is 1. The molecular formula is C21H15ClN4O5S3. The number of imide groups is 3. The molecule has 9 nitrogen and oxygen atoms in total. The van der Waals surface area contributed by atoms with Crippen LogP contribution in [0.4, 0.5) is 10.5 Å². The third kappa shape index (κ3) is 3.76. The first-order valence-electron chi connectivity index (χ1n) is 9.92. The van der Waals surface area contributed by atoms with Gasteiger partial charge in [-0.2, -0.15) is 4.90 Å². The molecule has 13 heteroatoms. The molecule has 2 unspecified atom stereocenters. The molecule has 0 bridgehead atoms. The molecule has 5 amide bonds. The van der Waals surface area contributed by atoms with Crippen LogP contribution < -0.4 is 15.9 Å². The van der Waals surface area contributed by atoms with Gasteiger partial charge >= 0.3 is 10.9 Å². The number of primary amides is 1. The average molecular weight is 535 g/mol. The van der Waals surface area contributed by atoms with Crippen LogP contribution in [0.2, 0.25) is 5.02 Å². The van der Waals surface area contributed by atoms with E-state index >= 15 is 0 Å². The summed E-state index contributed by atoms with van der Waals surface area (Å²) in [5, 5.41) is 4.57. The van der Waals surface area contributed by atoms with Crippen molar-refractivity contribution in [1.29, 1.82) is 0 Å². The van der Waals surface area contributed by atoms with Gasteiger partial charge in [0, 0.05) is 26.4 Å². The lowest BCUT2D eigenvalue weighted by Crippen LogP contribution is -2.41. The van der Waals surface area contributed by atoms with Gasteiger partial charge in [0.25, 0.3) is 5.91 Å². The van der Waals surface area contributed by atoms with Crippen LogP contribution in [-0.4, -0.2) is 38.5 Å². The molecule has 2 aromatic heterocycles.